The molecule has 37 heavy (non-hydrogen) atoms. The molecule has 2 aliphatic heterocycles. The zero-order valence-electron chi connectivity index (χ0n) is 20.4. The number of aliphatic hydroxyl groups is 6. The van der Waals surface area contributed by atoms with Crippen molar-refractivity contribution < 1.29 is 54.4 Å². The third-order valence-corrected chi connectivity index (χ3v) is 6.54. The number of amides is 2. The van der Waals surface area contributed by atoms with Gasteiger partial charge in [-0.15, -0.1) is 0 Å². The minimum absolute atomic E-state index is 0.317. The molecule has 3 rings (SSSR count). The number of rotatable bonds is 8. The van der Waals surface area contributed by atoms with Crippen molar-refractivity contribution >= 4 is 11.8 Å². The van der Waals surface area contributed by atoms with Crippen molar-refractivity contribution in [2.24, 2.45) is 11.7 Å². The lowest BCUT2D eigenvalue weighted by Gasteiger charge is -2.42. The average Bonchev–Trinajstić information content (AvgIpc) is 2.88. The fourth-order valence-corrected chi connectivity index (χ4v) is 4.26. The van der Waals surface area contributed by atoms with Crippen LogP contribution < -0.4 is 21.1 Å². The van der Waals surface area contributed by atoms with Crippen LogP contribution in [0.15, 0.2) is 24.3 Å². The number of aliphatic hydroxyl groups excluding tert-OH is 6. The molecule has 0 spiro atoms. The Morgan fingerprint density at radius 2 is 1.51 bits per heavy atom. The predicted molar refractivity (Wildman–Crippen MR) is 124 cm³/mol. The summed E-state index contributed by atoms with van der Waals surface area (Å²) >= 11 is 0. The lowest BCUT2D eigenvalue weighted by atomic mass is 9.92. The molecule has 2 heterocycles. The second-order valence-corrected chi connectivity index (χ2v) is 9.22. The summed E-state index contributed by atoms with van der Waals surface area (Å²) in [6.07, 6.45) is -9.89. The maximum atomic E-state index is 12.8. The van der Waals surface area contributed by atoms with E-state index >= 15 is 0 Å². The summed E-state index contributed by atoms with van der Waals surface area (Å²) in [4.78, 5) is 24.4. The van der Waals surface area contributed by atoms with Gasteiger partial charge in [-0.2, -0.15) is 0 Å². The maximum Gasteiger partial charge on any atom is 0.243 e. The zero-order chi connectivity index (χ0) is 27.4. The molecular weight excluding hydrogens is 494 g/mol. The Morgan fingerprint density at radius 3 is 2.08 bits per heavy atom. The Hall–Kier alpha value is -2.40. The van der Waals surface area contributed by atoms with Crippen molar-refractivity contribution in [1.82, 2.24) is 10.6 Å². The van der Waals surface area contributed by atoms with Crippen LogP contribution in [0.5, 0.6) is 5.75 Å². The van der Waals surface area contributed by atoms with Gasteiger partial charge in [-0.25, -0.2) is 0 Å². The quantitative estimate of drug-likeness (QED) is 0.158. The largest absolute Gasteiger partial charge is 0.465 e. The van der Waals surface area contributed by atoms with Gasteiger partial charge in [0.2, 0.25) is 18.1 Å². The number of hydrogen-bond donors (Lipinski definition) is 9. The highest BCUT2D eigenvalue weighted by Crippen LogP contribution is 2.29. The predicted octanol–water partition coefficient (Wildman–Crippen LogP) is -3.80. The van der Waals surface area contributed by atoms with Gasteiger partial charge < -0.3 is 61.2 Å². The highest BCUT2D eigenvalue weighted by Gasteiger charge is 2.46. The molecule has 0 radical (unpaired) electrons. The normalized spacial score (nSPS) is 36.9. The molecule has 1 aromatic carbocycles. The lowest BCUT2D eigenvalue weighted by molar-refractivity contribution is -0.256. The Morgan fingerprint density at radius 1 is 0.946 bits per heavy atom. The Bertz CT molecular complexity index is 918. The van der Waals surface area contributed by atoms with Crippen molar-refractivity contribution in [1.29, 1.82) is 0 Å². The SMILES string of the molecule is CC(=O)N[C@@H]1[C@@H](O)[C@H](O)[C@@H](CO)O[C@H]1NC(=O)C(N)c1ccc(O[C@@H]2O[C@H](CO)[C@@H](O)[C@H](O)[C@H]2C)cc1. The highest BCUT2D eigenvalue weighted by atomic mass is 16.7. The highest BCUT2D eigenvalue weighted by molar-refractivity contribution is 5.83. The minimum atomic E-state index is -1.53. The molecule has 0 aromatic heterocycles. The molecule has 1 aromatic rings. The molecule has 0 aliphatic carbocycles. The van der Waals surface area contributed by atoms with E-state index in [0.29, 0.717) is 11.3 Å². The number of nitrogens with one attached hydrogen (secondary N) is 2. The third kappa shape index (κ3) is 6.54. The molecule has 2 saturated heterocycles. The monoisotopic (exact) mass is 529 g/mol. The second kappa shape index (κ2) is 12.4. The number of ether oxygens (including phenoxy) is 3. The molecule has 14 heteroatoms. The molecule has 1 unspecified atom stereocenters. The topological polar surface area (TPSA) is 233 Å². The van der Waals surface area contributed by atoms with Gasteiger partial charge >= 0.3 is 0 Å². The number of hydrogen-bond acceptors (Lipinski definition) is 12. The van der Waals surface area contributed by atoms with Crippen LogP contribution in [0, 0.1) is 5.92 Å². The number of nitrogens with two attached hydrogens (primary N) is 1. The number of benzene rings is 1. The Kier molecular flexibility index (Phi) is 9.80. The molecule has 2 fully saturated rings. The van der Waals surface area contributed by atoms with Crippen molar-refractivity contribution in [3.05, 3.63) is 29.8 Å². The summed E-state index contributed by atoms with van der Waals surface area (Å²) in [6, 6.07) is 3.67. The maximum absolute atomic E-state index is 12.8. The number of carbonyl (C=O) groups excluding carboxylic acids is 2. The molecule has 2 aliphatic rings. The first kappa shape index (κ1) is 29.2. The van der Waals surface area contributed by atoms with Gasteiger partial charge in [0.1, 0.15) is 48.4 Å². The lowest BCUT2D eigenvalue weighted by Crippen LogP contribution is -2.68. The van der Waals surface area contributed by atoms with Crippen LogP contribution in [-0.2, 0) is 19.1 Å². The molecule has 10 N–H and O–H groups in total. The van der Waals surface area contributed by atoms with Crippen molar-refractivity contribution in [3.8, 4) is 5.75 Å². The first-order chi connectivity index (χ1) is 17.5. The van der Waals surface area contributed by atoms with Crippen LogP contribution in [0.1, 0.15) is 25.5 Å². The van der Waals surface area contributed by atoms with Crippen LogP contribution in [0.25, 0.3) is 0 Å². The van der Waals surface area contributed by atoms with Crippen molar-refractivity contribution in [2.45, 2.75) is 75.1 Å². The average molecular weight is 530 g/mol. The smallest absolute Gasteiger partial charge is 0.243 e. The second-order valence-electron chi connectivity index (χ2n) is 9.22. The van der Waals surface area contributed by atoms with E-state index in [1.807, 2.05) is 0 Å². The first-order valence-electron chi connectivity index (χ1n) is 11.8. The molecule has 11 atom stereocenters. The summed E-state index contributed by atoms with van der Waals surface area (Å²) in [5.74, 6) is -1.54. The first-order valence-corrected chi connectivity index (χ1v) is 11.8. The van der Waals surface area contributed by atoms with E-state index in [9.17, 15) is 40.2 Å². The van der Waals surface area contributed by atoms with Gasteiger partial charge in [-0.05, 0) is 17.7 Å². The summed E-state index contributed by atoms with van der Waals surface area (Å²) in [6.45, 7) is 1.68. The van der Waals surface area contributed by atoms with E-state index < -0.39 is 92.2 Å². The van der Waals surface area contributed by atoms with Crippen molar-refractivity contribution in [2.75, 3.05) is 13.2 Å². The van der Waals surface area contributed by atoms with Crippen LogP contribution in [0.2, 0.25) is 0 Å². The molecule has 0 saturated carbocycles. The third-order valence-electron chi connectivity index (χ3n) is 6.54. The van der Waals surface area contributed by atoms with E-state index in [4.69, 9.17) is 19.9 Å². The fraction of sp³-hybridized carbons (Fsp3) is 0.652. The zero-order valence-corrected chi connectivity index (χ0v) is 20.4. The van der Waals surface area contributed by atoms with Gasteiger partial charge in [-0.3, -0.25) is 9.59 Å². The summed E-state index contributed by atoms with van der Waals surface area (Å²) in [7, 11) is 0. The van der Waals surface area contributed by atoms with E-state index in [1.54, 1.807) is 6.92 Å². The molecule has 0 bridgehead atoms. The Labute approximate surface area is 212 Å². The molecule has 14 nitrogen and oxygen atoms in total. The van der Waals surface area contributed by atoms with Gasteiger partial charge in [0.25, 0.3) is 0 Å². The molecule has 2 amide bonds. The van der Waals surface area contributed by atoms with Crippen LogP contribution in [0.3, 0.4) is 0 Å². The Balaban J connectivity index is 1.66. The van der Waals surface area contributed by atoms with Crippen LogP contribution >= 0.6 is 0 Å². The van der Waals surface area contributed by atoms with Gasteiger partial charge in [0.05, 0.1) is 19.3 Å². The fourth-order valence-electron chi connectivity index (χ4n) is 4.26. The van der Waals surface area contributed by atoms with Gasteiger partial charge in [0, 0.05) is 12.8 Å². The van der Waals surface area contributed by atoms with E-state index in [1.165, 1.54) is 31.2 Å². The molecular formula is C23H35N3O11. The standard InChI is InChI=1S/C23H35N3O11/c1-9-17(30)18(31)14(8-28)37-23(9)35-12-5-3-11(4-6-12)15(24)21(34)26-22-16(25-10(2)29)20(33)19(32)13(7-27)36-22/h3-6,9,13-20,22-23,27-28,30-33H,7-8,24H2,1-2H3,(H,25,29)(H,26,34)/t9-,13-,14-,15?,16-,17-,18-,19-,20-,22-,23-/m1/s1. The van der Waals surface area contributed by atoms with E-state index in [0.717, 1.165) is 0 Å². The van der Waals surface area contributed by atoms with Gasteiger partial charge in [0.15, 0.2) is 6.23 Å². The summed E-state index contributed by atoms with van der Waals surface area (Å²) in [5.41, 5.74) is 6.46. The number of carbonyl (C=O) groups is 2. The van der Waals surface area contributed by atoms with Gasteiger partial charge in [-0.1, -0.05) is 19.1 Å². The summed E-state index contributed by atoms with van der Waals surface area (Å²) < 4.78 is 16.8. The van der Waals surface area contributed by atoms with Crippen LogP contribution in [-0.4, -0.2) is 111 Å². The van der Waals surface area contributed by atoms with E-state index in [-0.39, 0.29) is 0 Å². The minimum Gasteiger partial charge on any atom is -0.465 e. The molecule has 208 valence electrons. The van der Waals surface area contributed by atoms with Crippen molar-refractivity contribution in [3.63, 3.8) is 0 Å². The summed E-state index contributed by atoms with van der Waals surface area (Å²) in [5, 5.41) is 64.3. The van der Waals surface area contributed by atoms with Crippen LogP contribution in [0.4, 0.5) is 0 Å². The van der Waals surface area contributed by atoms with E-state index in [2.05, 4.69) is 10.6 Å².